The van der Waals surface area contributed by atoms with Crippen molar-refractivity contribution in [2.24, 2.45) is 11.1 Å². The Morgan fingerprint density at radius 2 is 1.49 bits per heavy atom. The standard InChI is InChI=1S/C35H48N8O8/c1-25(27-9-11-28(12-10-27)31-42-39-24-40-43-31)50-18-15-35(2,3)33(46)38-17-20-49-22-21-48-19-16-37-32(45)29(13-14-30(36)44)41-34(47)51-23-26-7-5-4-6-8-26/h4-12,24-25,29H,13-23H2,1-3H3,(H2,36,44)(H,37,45)(H,38,46)(H,41,47). The molecule has 276 valence electrons. The molecule has 2 unspecified atom stereocenters. The Kier molecular flexibility index (Phi) is 17.3. The number of primary amides is 1. The van der Waals surface area contributed by atoms with Crippen molar-refractivity contribution in [3.05, 3.63) is 72.1 Å². The number of nitrogens with two attached hydrogens (primary N) is 1. The van der Waals surface area contributed by atoms with E-state index in [9.17, 15) is 19.2 Å². The summed E-state index contributed by atoms with van der Waals surface area (Å²) >= 11 is 0. The van der Waals surface area contributed by atoms with Crippen molar-refractivity contribution < 1.29 is 38.1 Å². The van der Waals surface area contributed by atoms with Crippen LogP contribution in [-0.2, 0) is 39.9 Å². The lowest BCUT2D eigenvalue weighted by atomic mass is 9.88. The van der Waals surface area contributed by atoms with Gasteiger partial charge < -0.3 is 40.6 Å². The van der Waals surface area contributed by atoms with Crippen LogP contribution in [0.4, 0.5) is 4.79 Å². The van der Waals surface area contributed by atoms with Crippen LogP contribution in [0.2, 0.25) is 0 Å². The molecule has 0 bridgehead atoms. The maximum absolute atomic E-state index is 12.8. The minimum Gasteiger partial charge on any atom is -0.445 e. The number of hydrogen-bond donors (Lipinski definition) is 4. The van der Waals surface area contributed by atoms with E-state index >= 15 is 0 Å². The molecule has 2 atom stereocenters. The molecule has 0 radical (unpaired) electrons. The van der Waals surface area contributed by atoms with Gasteiger partial charge in [-0.2, -0.15) is 0 Å². The molecule has 0 aliphatic rings. The number of rotatable bonds is 23. The molecule has 4 amide bonds. The van der Waals surface area contributed by atoms with E-state index in [4.69, 9.17) is 24.7 Å². The molecule has 0 aliphatic heterocycles. The van der Waals surface area contributed by atoms with Crippen LogP contribution in [0.3, 0.4) is 0 Å². The quantitative estimate of drug-likeness (QED) is 0.104. The Morgan fingerprint density at radius 1 is 0.843 bits per heavy atom. The first-order valence-corrected chi connectivity index (χ1v) is 16.7. The van der Waals surface area contributed by atoms with Gasteiger partial charge >= 0.3 is 6.09 Å². The molecule has 0 aliphatic carbocycles. The molecule has 3 rings (SSSR count). The SMILES string of the molecule is CC(OCCC(C)(C)C(=O)NCCOCCOCCNC(=O)C(CCC(N)=O)NC(=O)OCc1ccccc1)c1ccc(-c2nncnn2)cc1. The second-order valence-electron chi connectivity index (χ2n) is 12.2. The summed E-state index contributed by atoms with van der Waals surface area (Å²) in [5.74, 6) is -0.737. The summed E-state index contributed by atoms with van der Waals surface area (Å²) < 4.78 is 22.2. The predicted octanol–water partition coefficient (Wildman–Crippen LogP) is 2.25. The first-order valence-electron chi connectivity index (χ1n) is 16.7. The summed E-state index contributed by atoms with van der Waals surface area (Å²) in [5.41, 5.74) is 7.17. The van der Waals surface area contributed by atoms with Crippen molar-refractivity contribution in [2.75, 3.05) is 46.1 Å². The van der Waals surface area contributed by atoms with Crippen LogP contribution in [0.1, 0.15) is 57.3 Å². The van der Waals surface area contributed by atoms with Gasteiger partial charge in [-0.25, -0.2) is 4.79 Å². The molecule has 51 heavy (non-hydrogen) atoms. The van der Waals surface area contributed by atoms with Gasteiger partial charge in [0.25, 0.3) is 0 Å². The highest BCUT2D eigenvalue weighted by atomic mass is 16.5. The van der Waals surface area contributed by atoms with Crippen molar-refractivity contribution in [1.29, 1.82) is 0 Å². The average Bonchev–Trinajstić information content (AvgIpc) is 3.13. The monoisotopic (exact) mass is 708 g/mol. The maximum Gasteiger partial charge on any atom is 0.408 e. The van der Waals surface area contributed by atoms with Crippen LogP contribution in [-0.4, -0.2) is 96.4 Å². The predicted molar refractivity (Wildman–Crippen MR) is 185 cm³/mol. The van der Waals surface area contributed by atoms with Crippen LogP contribution in [0, 0.1) is 5.41 Å². The van der Waals surface area contributed by atoms with E-state index in [1.807, 2.05) is 63.2 Å². The van der Waals surface area contributed by atoms with Crippen molar-refractivity contribution in [2.45, 2.75) is 58.8 Å². The third-order valence-corrected chi connectivity index (χ3v) is 7.71. The number of nitrogens with zero attached hydrogens (tertiary/aromatic N) is 4. The molecule has 0 saturated heterocycles. The van der Waals surface area contributed by atoms with Crippen LogP contribution in [0.5, 0.6) is 0 Å². The van der Waals surface area contributed by atoms with Gasteiger partial charge in [0.05, 0.1) is 32.5 Å². The number of alkyl carbamates (subject to hydrolysis) is 1. The normalized spacial score (nSPS) is 12.4. The summed E-state index contributed by atoms with van der Waals surface area (Å²) in [5, 5.41) is 23.5. The lowest BCUT2D eigenvalue weighted by molar-refractivity contribution is -0.131. The van der Waals surface area contributed by atoms with Crippen molar-refractivity contribution in [3.63, 3.8) is 0 Å². The van der Waals surface area contributed by atoms with Gasteiger partial charge in [0.15, 0.2) is 6.33 Å². The zero-order chi connectivity index (χ0) is 36.9. The highest BCUT2D eigenvalue weighted by Gasteiger charge is 2.27. The lowest BCUT2D eigenvalue weighted by Crippen LogP contribution is -2.48. The number of amides is 4. The summed E-state index contributed by atoms with van der Waals surface area (Å²) in [6.45, 7) is 7.72. The topological polar surface area (TPSA) is 219 Å². The zero-order valence-electron chi connectivity index (χ0n) is 29.3. The van der Waals surface area contributed by atoms with E-state index in [1.165, 1.54) is 6.33 Å². The van der Waals surface area contributed by atoms with E-state index in [0.717, 1.165) is 16.7 Å². The van der Waals surface area contributed by atoms with Crippen LogP contribution in [0.15, 0.2) is 60.9 Å². The summed E-state index contributed by atoms with van der Waals surface area (Å²) in [6, 6.07) is 15.8. The Balaban J connectivity index is 1.22. The minimum atomic E-state index is -1.00. The first kappa shape index (κ1) is 40.4. The zero-order valence-corrected chi connectivity index (χ0v) is 29.3. The van der Waals surface area contributed by atoms with E-state index < -0.39 is 29.4 Å². The van der Waals surface area contributed by atoms with Gasteiger partial charge in [-0.1, -0.05) is 68.4 Å². The second-order valence-corrected chi connectivity index (χ2v) is 12.2. The fourth-order valence-corrected chi connectivity index (χ4v) is 4.55. The number of aromatic nitrogens is 4. The molecule has 2 aromatic carbocycles. The van der Waals surface area contributed by atoms with E-state index in [-0.39, 0.29) is 51.2 Å². The third-order valence-electron chi connectivity index (χ3n) is 7.71. The Hall–Kier alpha value is -5.06. The second kappa shape index (κ2) is 21.9. The molecular weight excluding hydrogens is 660 g/mol. The van der Waals surface area contributed by atoms with Crippen LogP contribution < -0.4 is 21.7 Å². The average molecular weight is 709 g/mol. The van der Waals surface area contributed by atoms with Gasteiger partial charge in [0.1, 0.15) is 12.6 Å². The molecule has 0 spiro atoms. The number of benzene rings is 2. The van der Waals surface area contributed by atoms with Gasteiger partial charge in [-0.3, -0.25) is 14.4 Å². The maximum atomic E-state index is 12.8. The molecule has 0 saturated carbocycles. The fourth-order valence-electron chi connectivity index (χ4n) is 4.55. The molecule has 3 aromatic rings. The van der Waals surface area contributed by atoms with Crippen molar-refractivity contribution >= 4 is 23.8 Å². The Bertz CT molecular complexity index is 1500. The molecule has 0 fully saturated rings. The number of carbonyl (C=O) groups is 4. The van der Waals surface area contributed by atoms with Gasteiger partial charge in [-0.05, 0) is 30.9 Å². The van der Waals surface area contributed by atoms with Gasteiger partial charge in [-0.15, -0.1) is 20.4 Å². The van der Waals surface area contributed by atoms with Gasteiger partial charge in [0, 0.05) is 37.1 Å². The molecule has 16 heteroatoms. The Morgan fingerprint density at radius 3 is 2.14 bits per heavy atom. The van der Waals surface area contributed by atoms with Crippen molar-refractivity contribution in [1.82, 2.24) is 36.3 Å². The number of hydrogen-bond acceptors (Lipinski definition) is 12. The number of ether oxygens (including phenoxy) is 4. The highest BCUT2D eigenvalue weighted by Crippen LogP contribution is 2.24. The van der Waals surface area contributed by atoms with Gasteiger partial charge in [0.2, 0.25) is 23.5 Å². The first-order chi connectivity index (χ1) is 24.5. The molecule has 1 heterocycles. The smallest absolute Gasteiger partial charge is 0.408 e. The lowest BCUT2D eigenvalue weighted by Gasteiger charge is -2.24. The third kappa shape index (κ3) is 15.6. The molecule has 1 aromatic heterocycles. The molecular formula is C35H48N8O8. The largest absolute Gasteiger partial charge is 0.445 e. The fraction of sp³-hybridized carbons (Fsp3) is 0.486. The number of nitrogens with one attached hydrogen (secondary N) is 3. The molecule has 5 N–H and O–H groups in total. The van der Waals surface area contributed by atoms with E-state index in [0.29, 0.717) is 38.6 Å². The van der Waals surface area contributed by atoms with E-state index in [2.05, 4.69) is 36.3 Å². The summed E-state index contributed by atoms with van der Waals surface area (Å²) in [7, 11) is 0. The summed E-state index contributed by atoms with van der Waals surface area (Å²) in [6.07, 6.45) is 0.795. The highest BCUT2D eigenvalue weighted by molar-refractivity contribution is 5.86. The van der Waals surface area contributed by atoms with E-state index in [1.54, 1.807) is 12.1 Å². The minimum absolute atomic E-state index is 0.0234. The Labute approximate surface area is 297 Å². The number of carbonyl (C=O) groups excluding carboxylic acids is 4. The summed E-state index contributed by atoms with van der Waals surface area (Å²) in [4.78, 5) is 48.9. The van der Waals surface area contributed by atoms with Crippen LogP contribution in [0.25, 0.3) is 11.4 Å². The van der Waals surface area contributed by atoms with Crippen LogP contribution >= 0.6 is 0 Å². The van der Waals surface area contributed by atoms with Crippen molar-refractivity contribution in [3.8, 4) is 11.4 Å². The molecule has 16 nitrogen and oxygen atoms in total.